The number of benzene rings is 1. The number of fused-ring (bicyclic) bond motifs is 1. The molecule has 4 heteroatoms. The van der Waals surface area contributed by atoms with Gasteiger partial charge in [-0.1, -0.05) is 18.2 Å². The first-order valence-corrected chi connectivity index (χ1v) is 6.29. The quantitative estimate of drug-likeness (QED) is 0.787. The van der Waals surface area contributed by atoms with E-state index in [2.05, 4.69) is 0 Å². The smallest absolute Gasteiger partial charge is 0.219 e. The van der Waals surface area contributed by atoms with Crippen LogP contribution in [-0.4, -0.2) is 13.7 Å². The molecule has 80 valence electrons. The van der Waals surface area contributed by atoms with E-state index in [0.29, 0.717) is 5.58 Å². The molecular formula is C11H12O3S. The molecule has 15 heavy (non-hydrogen) atoms. The van der Waals surface area contributed by atoms with Gasteiger partial charge in [-0.3, -0.25) is 0 Å². The largest absolute Gasteiger partial charge is 0.445 e. The highest BCUT2D eigenvalue weighted by atomic mass is 32.2. The van der Waals surface area contributed by atoms with Gasteiger partial charge in [-0.25, -0.2) is 8.42 Å². The third-order valence-electron chi connectivity index (χ3n) is 2.30. The molecule has 0 spiro atoms. The van der Waals surface area contributed by atoms with Crippen molar-refractivity contribution in [2.45, 2.75) is 24.2 Å². The molecule has 0 aliphatic carbocycles. The second-order valence-corrected chi connectivity index (χ2v) is 6.13. The van der Waals surface area contributed by atoms with E-state index >= 15 is 0 Å². The first kappa shape index (κ1) is 10.2. The zero-order valence-corrected chi connectivity index (χ0v) is 9.41. The van der Waals surface area contributed by atoms with Gasteiger partial charge in [-0.05, 0) is 19.9 Å². The van der Waals surface area contributed by atoms with E-state index in [1.54, 1.807) is 26.0 Å². The minimum atomic E-state index is -3.31. The van der Waals surface area contributed by atoms with Gasteiger partial charge in [-0.2, -0.15) is 0 Å². The standard InChI is InChI=1S/C11H12O3S/c1-8(2)15(12,13)11-7-9-5-3-4-6-10(9)14-11/h3-8H,1-2H3. The second-order valence-electron chi connectivity index (χ2n) is 3.70. The van der Waals surface area contributed by atoms with Crippen LogP contribution in [0.3, 0.4) is 0 Å². The first-order valence-electron chi connectivity index (χ1n) is 4.74. The van der Waals surface area contributed by atoms with Gasteiger partial charge in [0.05, 0.1) is 5.25 Å². The van der Waals surface area contributed by atoms with Crippen LogP contribution in [-0.2, 0) is 9.84 Å². The van der Waals surface area contributed by atoms with Crippen LogP contribution in [0.15, 0.2) is 39.8 Å². The molecule has 0 aliphatic heterocycles. The average molecular weight is 224 g/mol. The summed E-state index contributed by atoms with van der Waals surface area (Å²) in [5, 5.41) is 0.411. The van der Waals surface area contributed by atoms with Crippen molar-refractivity contribution in [2.75, 3.05) is 0 Å². The summed E-state index contributed by atoms with van der Waals surface area (Å²) in [5.41, 5.74) is 0.608. The van der Waals surface area contributed by atoms with Crippen molar-refractivity contribution in [2.24, 2.45) is 0 Å². The lowest BCUT2D eigenvalue weighted by atomic mass is 10.3. The van der Waals surface area contributed by atoms with E-state index in [-0.39, 0.29) is 5.09 Å². The van der Waals surface area contributed by atoms with Gasteiger partial charge in [0.2, 0.25) is 14.9 Å². The summed E-state index contributed by atoms with van der Waals surface area (Å²) in [6, 6.07) is 8.83. The predicted molar refractivity (Wildman–Crippen MR) is 58.5 cm³/mol. The van der Waals surface area contributed by atoms with Crippen molar-refractivity contribution in [1.29, 1.82) is 0 Å². The maximum atomic E-state index is 11.8. The third-order valence-corrected chi connectivity index (χ3v) is 4.31. The van der Waals surface area contributed by atoms with Gasteiger partial charge < -0.3 is 4.42 Å². The normalized spacial score (nSPS) is 12.5. The molecule has 1 aromatic carbocycles. The Morgan fingerprint density at radius 1 is 1.20 bits per heavy atom. The van der Waals surface area contributed by atoms with Crippen LogP contribution >= 0.6 is 0 Å². The summed E-state index contributed by atoms with van der Waals surface area (Å²) < 4.78 is 28.9. The van der Waals surface area contributed by atoms with Crippen molar-refractivity contribution in [3.8, 4) is 0 Å². The van der Waals surface area contributed by atoms with Crippen molar-refractivity contribution >= 4 is 20.8 Å². The second kappa shape index (κ2) is 3.38. The molecular weight excluding hydrogens is 212 g/mol. The Hall–Kier alpha value is -1.29. The van der Waals surface area contributed by atoms with E-state index < -0.39 is 15.1 Å². The molecule has 1 heterocycles. The van der Waals surface area contributed by atoms with Crippen molar-refractivity contribution < 1.29 is 12.8 Å². The minimum Gasteiger partial charge on any atom is -0.445 e. The number of para-hydroxylation sites is 1. The molecule has 0 fully saturated rings. The SMILES string of the molecule is CC(C)S(=O)(=O)c1cc2ccccc2o1. The van der Waals surface area contributed by atoms with E-state index in [4.69, 9.17) is 4.42 Å². The van der Waals surface area contributed by atoms with Crippen LogP contribution in [0.2, 0.25) is 0 Å². The summed E-state index contributed by atoms with van der Waals surface area (Å²) in [6.07, 6.45) is 0. The van der Waals surface area contributed by atoms with Gasteiger partial charge in [0.15, 0.2) is 0 Å². The Balaban J connectivity index is 2.64. The number of furan rings is 1. The van der Waals surface area contributed by atoms with Gasteiger partial charge >= 0.3 is 0 Å². The Kier molecular flexibility index (Phi) is 2.31. The molecule has 0 atom stereocenters. The van der Waals surface area contributed by atoms with Gasteiger partial charge in [0.1, 0.15) is 5.58 Å². The summed E-state index contributed by atoms with van der Waals surface area (Å²) in [5.74, 6) is 0. The summed E-state index contributed by atoms with van der Waals surface area (Å²) in [6.45, 7) is 3.28. The van der Waals surface area contributed by atoms with E-state index in [1.807, 2.05) is 18.2 Å². The predicted octanol–water partition coefficient (Wildman–Crippen LogP) is 2.61. The third kappa shape index (κ3) is 1.65. The summed E-state index contributed by atoms with van der Waals surface area (Å²) in [4.78, 5) is 0. The lowest BCUT2D eigenvalue weighted by molar-refractivity contribution is 0.478. The molecule has 0 saturated carbocycles. The molecule has 0 bridgehead atoms. The fourth-order valence-corrected chi connectivity index (χ4v) is 2.29. The zero-order valence-electron chi connectivity index (χ0n) is 8.60. The van der Waals surface area contributed by atoms with Crippen molar-refractivity contribution in [3.05, 3.63) is 30.3 Å². The average Bonchev–Trinajstić information content (AvgIpc) is 2.61. The highest BCUT2D eigenvalue weighted by Crippen LogP contribution is 2.24. The lowest BCUT2D eigenvalue weighted by Gasteiger charge is -2.02. The Labute approximate surface area is 88.6 Å². The Morgan fingerprint density at radius 3 is 2.47 bits per heavy atom. The van der Waals surface area contributed by atoms with Crippen LogP contribution in [0.5, 0.6) is 0 Å². The number of rotatable bonds is 2. The number of hydrogen-bond acceptors (Lipinski definition) is 3. The highest BCUT2D eigenvalue weighted by Gasteiger charge is 2.23. The molecule has 2 rings (SSSR count). The van der Waals surface area contributed by atoms with Crippen molar-refractivity contribution in [1.82, 2.24) is 0 Å². The van der Waals surface area contributed by atoms with Crippen molar-refractivity contribution in [3.63, 3.8) is 0 Å². The molecule has 0 aliphatic rings. The molecule has 0 unspecified atom stereocenters. The monoisotopic (exact) mass is 224 g/mol. The molecule has 1 aromatic heterocycles. The zero-order chi connectivity index (χ0) is 11.1. The van der Waals surface area contributed by atoms with E-state index in [0.717, 1.165) is 5.39 Å². The molecule has 0 N–H and O–H groups in total. The van der Waals surface area contributed by atoms with Crippen LogP contribution in [0, 0.1) is 0 Å². The van der Waals surface area contributed by atoms with Gasteiger partial charge in [-0.15, -0.1) is 0 Å². The molecule has 3 nitrogen and oxygen atoms in total. The minimum absolute atomic E-state index is 0.0544. The summed E-state index contributed by atoms with van der Waals surface area (Å²) >= 11 is 0. The highest BCUT2D eigenvalue weighted by molar-refractivity contribution is 7.91. The summed E-state index contributed by atoms with van der Waals surface area (Å²) in [7, 11) is -3.31. The van der Waals surface area contributed by atoms with E-state index in [9.17, 15) is 8.42 Å². The van der Waals surface area contributed by atoms with Crippen LogP contribution in [0.25, 0.3) is 11.0 Å². The molecule has 2 aromatic rings. The van der Waals surface area contributed by atoms with Gasteiger partial charge in [0, 0.05) is 11.5 Å². The fourth-order valence-electron chi connectivity index (χ4n) is 1.33. The maximum Gasteiger partial charge on any atom is 0.219 e. The lowest BCUT2D eigenvalue weighted by Crippen LogP contribution is -2.12. The number of hydrogen-bond donors (Lipinski definition) is 0. The molecule has 0 amide bonds. The Morgan fingerprint density at radius 2 is 1.87 bits per heavy atom. The van der Waals surface area contributed by atoms with Gasteiger partial charge in [0.25, 0.3) is 0 Å². The Bertz CT molecular complexity index is 546. The van der Waals surface area contributed by atoms with E-state index in [1.165, 1.54) is 0 Å². The van der Waals surface area contributed by atoms with Crippen LogP contribution in [0.4, 0.5) is 0 Å². The van der Waals surface area contributed by atoms with Crippen LogP contribution in [0.1, 0.15) is 13.8 Å². The first-order chi connectivity index (χ1) is 7.01. The maximum absolute atomic E-state index is 11.8. The molecule has 0 radical (unpaired) electrons. The topological polar surface area (TPSA) is 47.3 Å². The fraction of sp³-hybridized carbons (Fsp3) is 0.273. The molecule has 0 saturated heterocycles. The number of sulfone groups is 1. The van der Waals surface area contributed by atoms with Crippen LogP contribution < -0.4 is 0 Å².